The van der Waals surface area contributed by atoms with Gasteiger partial charge in [0.05, 0.1) is 12.7 Å². The van der Waals surface area contributed by atoms with Crippen molar-refractivity contribution in [3.05, 3.63) is 35.6 Å². The Labute approximate surface area is 154 Å². The Hall–Kier alpha value is -1.51. The number of ether oxygens (including phenoxy) is 2. The topological polar surface area (TPSA) is 35.5 Å². The summed E-state index contributed by atoms with van der Waals surface area (Å²) in [6.07, 6.45) is 5.51. The van der Waals surface area contributed by atoms with Crippen LogP contribution in [0.3, 0.4) is 0 Å². The molecule has 3 nitrogen and oxygen atoms in total. The van der Waals surface area contributed by atoms with Crippen LogP contribution in [0, 0.1) is 23.2 Å². The average molecular weight is 349 g/mol. The minimum absolute atomic E-state index is 0.0135. The van der Waals surface area contributed by atoms with E-state index in [1.54, 1.807) is 19.3 Å². The molecular formula is C22H36O3. The number of rotatable bonds is 7. The van der Waals surface area contributed by atoms with E-state index in [0.29, 0.717) is 29.1 Å². The van der Waals surface area contributed by atoms with Crippen molar-refractivity contribution in [2.75, 3.05) is 7.11 Å². The van der Waals surface area contributed by atoms with Crippen molar-refractivity contribution in [1.82, 2.24) is 0 Å². The van der Waals surface area contributed by atoms with Gasteiger partial charge in [-0.25, -0.2) is 4.79 Å². The van der Waals surface area contributed by atoms with Gasteiger partial charge < -0.3 is 9.47 Å². The molecule has 1 aliphatic rings. The fraction of sp³-hybridized carbons (Fsp3) is 0.682. The van der Waals surface area contributed by atoms with Gasteiger partial charge in [-0.05, 0) is 56.1 Å². The van der Waals surface area contributed by atoms with Gasteiger partial charge in [-0.1, -0.05) is 47.3 Å². The van der Waals surface area contributed by atoms with Crippen LogP contribution in [0.4, 0.5) is 0 Å². The molecule has 0 aromatic heterocycles. The summed E-state index contributed by atoms with van der Waals surface area (Å²) in [6.45, 7) is 18.8. The van der Waals surface area contributed by atoms with Gasteiger partial charge in [0.2, 0.25) is 0 Å². The highest BCUT2D eigenvalue weighted by Gasteiger charge is 2.49. The third-order valence-electron chi connectivity index (χ3n) is 5.51. The van der Waals surface area contributed by atoms with Crippen molar-refractivity contribution in [3.8, 4) is 0 Å². The van der Waals surface area contributed by atoms with Crippen LogP contribution in [0.1, 0.15) is 61.3 Å². The number of esters is 1. The molecule has 0 aliphatic heterocycles. The first kappa shape index (κ1) is 21.5. The van der Waals surface area contributed by atoms with Crippen LogP contribution in [-0.4, -0.2) is 19.2 Å². The molecule has 3 heteroatoms. The predicted molar refractivity (Wildman–Crippen MR) is 104 cm³/mol. The molecule has 1 rings (SSSR count). The monoisotopic (exact) mass is 348 g/mol. The molecule has 1 saturated carbocycles. The summed E-state index contributed by atoms with van der Waals surface area (Å²) in [6, 6.07) is 0. The van der Waals surface area contributed by atoms with Gasteiger partial charge in [0.15, 0.2) is 0 Å². The summed E-state index contributed by atoms with van der Waals surface area (Å²) in [5.74, 6) is 2.09. The summed E-state index contributed by atoms with van der Waals surface area (Å²) < 4.78 is 11.2. The third-order valence-corrected chi connectivity index (χ3v) is 5.51. The lowest BCUT2D eigenvalue weighted by atomic mass is 9.74. The quantitative estimate of drug-likeness (QED) is 0.257. The molecule has 0 radical (unpaired) electrons. The first-order valence-corrected chi connectivity index (χ1v) is 9.33. The largest absolute Gasteiger partial charge is 0.496 e. The number of methoxy groups -OCH3 is 1. The van der Waals surface area contributed by atoms with E-state index in [2.05, 4.69) is 41.2 Å². The van der Waals surface area contributed by atoms with Crippen molar-refractivity contribution in [1.29, 1.82) is 0 Å². The molecule has 25 heavy (non-hydrogen) atoms. The second-order valence-electron chi connectivity index (χ2n) is 8.40. The lowest BCUT2D eigenvalue weighted by molar-refractivity contribution is -0.149. The highest BCUT2D eigenvalue weighted by Crippen LogP contribution is 2.50. The normalized spacial score (nSPS) is 26.7. The minimum Gasteiger partial charge on any atom is -0.496 e. The Kier molecular flexibility index (Phi) is 7.52. The molecule has 0 saturated heterocycles. The van der Waals surface area contributed by atoms with Crippen LogP contribution >= 0.6 is 0 Å². The number of hydrogen-bond acceptors (Lipinski definition) is 3. The summed E-state index contributed by atoms with van der Waals surface area (Å²) in [5.41, 5.74) is 1.28. The Morgan fingerprint density at radius 2 is 1.96 bits per heavy atom. The van der Waals surface area contributed by atoms with Crippen molar-refractivity contribution in [3.63, 3.8) is 0 Å². The molecule has 0 heterocycles. The maximum absolute atomic E-state index is 12.7. The van der Waals surface area contributed by atoms with Crippen molar-refractivity contribution in [2.45, 2.75) is 67.4 Å². The lowest BCUT2D eigenvalue weighted by Crippen LogP contribution is -2.34. The zero-order chi connectivity index (χ0) is 19.4. The third kappa shape index (κ3) is 5.23. The second-order valence-corrected chi connectivity index (χ2v) is 8.40. The van der Waals surface area contributed by atoms with Crippen molar-refractivity contribution in [2.24, 2.45) is 23.2 Å². The fourth-order valence-corrected chi connectivity index (χ4v) is 3.98. The molecule has 0 bridgehead atoms. The molecule has 0 amide bonds. The summed E-state index contributed by atoms with van der Waals surface area (Å²) in [7, 11) is 1.58. The van der Waals surface area contributed by atoms with E-state index < -0.39 is 0 Å². The van der Waals surface area contributed by atoms with Crippen LogP contribution in [0.2, 0.25) is 0 Å². The number of carbonyl (C=O) groups excluding carboxylic acids is 1. The molecule has 1 fully saturated rings. The molecular weight excluding hydrogens is 312 g/mol. The van der Waals surface area contributed by atoms with Gasteiger partial charge in [-0.2, -0.15) is 0 Å². The van der Waals surface area contributed by atoms with Crippen LogP contribution in [-0.2, 0) is 14.3 Å². The van der Waals surface area contributed by atoms with E-state index in [-0.39, 0.29) is 17.5 Å². The molecule has 142 valence electrons. The summed E-state index contributed by atoms with van der Waals surface area (Å²) in [5, 5.41) is 0. The van der Waals surface area contributed by atoms with Crippen LogP contribution in [0.5, 0.6) is 0 Å². The second kappa shape index (κ2) is 8.73. The highest BCUT2D eigenvalue weighted by molar-refractivity contribution is 5.91. The van der Waals surface area contributed by atoms with E-state index in [1.165, 1.54) is 6.42 Å². The standard InChI is InChI=1S/C22H36O3/c1-10-17(13-19(24-9)15(4)5)21(23)25-20-12-16(6)18(11-14(2)3)22(20,7)8/h10,13-14,16,18,20H,4,11-12H2,1-3,5-9H3. The highest BCUT2D eigenvalue weighted by atomic mass is 16.5. The molecule has 3 atom stereocenters. The molecule has 0 spiro atoms. The van der Waals surface area contributed by atoms with Gasteiger partial charge in [0, 0.05) is 5.41 Å². The zero-order valence-corrected chi connectivity index (χ0v) is 17.3. The Balaban J connectivity index is 2.94. The van der Waals surface area contributed by atoms with Gasteiger partial charge >= 0.3 is 5.97 Å². The van der Waals surface area contributed by atoms with Crippen LogP contribution in [0.15, 0.2) is 35.6 Å². The Morgan fingerprint density at radius 1 is 1.36 bits per heavy atom. The lowest BCUT2D eigenvalue weighted by Gasteiger charge is -2.34. The first-order chi connectivity index (χ1) is 11.5. The van der Waals surface area contributed by atoms with E-state index >= 15 is 0 Å². The first-order valence-electron chi connectivity index (χ1n) is 9.33. The number of hydrogen-bond donors (Lipinski definition) is 0. The average Bonchev–Trinajstić information content (AvgIpc) is 2.70. The van der Waals surface area contributed by atoms with Crippen LogP contribution < -0.4 is 0 Å². The molecule has 0 aromatic carbocycles. The minimum atomic E-state index is -0.284. The molecule has 1 aliphatic carbocycles. The maximum atomic E-state index is 12.7. The summed E-state index contributed by atoms with van der Waals surface area (Å²) >= 11 is 0. The SMILES string of the molecule is C=C(C)C(=CC(=CC)C(=O)OC1CC(C)C(CC(C)C)C1(C)C)OC. The number of carbonyl (C=O) groups is 1. The Morgan fingerprint density at radius 3 is 2.40 bits per heavy atom. The van der Waals surface area contributed by atoms with E-state index in [9.17, 15) is 4.79 Å². The van der Waals surface area contributed by atoms with Crippen molar-refractivity contribution >= 4 is 5.97 Å². The van der Waals surface area contributed by atoms with E-state index in [0.717, 1.165) is 12.0 Å². The van der Waals surface area contributed by atoms with Crippen molar-refractivity contribution < 1.29 is 14.3 Å². The van der Waals surface area contributed by atoms with Gasteiger partial charge in [0.1, 0.15) is 11.9 Å². The van der Waals surface area contributed by atoms with E-state index in [4.69, 9.17) is 9.47 Å². The van der Waals surface area contributed by atoms with E-state index in [1.807, 2.05) is 13.8 Å². The molecule has 0 aromatic rings. The zero-order valence-electron chi connectivity index (χ0n) is 17.3. The van der Waals surface area contributed by atoms with Gasteiger partial charge in [-0.15, -0.1) is 0 Å². The van der Waals surface area contributed by atoms with Gasteiger partial charge in [0.25, 0.3) is 0 Å². The fourth-order valence-electron chi connectivity index (χ4n) is 3.98. The number of allylic oxidation sites excluding steroid dienone is 2. The summed E-state index contributed by atoms with van der Waals surface area (Å²) in [4.78, 5) is 12.7. The maximum Gasteiger partial charge on any atom is 0.338 e. The Bertz CT molecular complexity index is 552. The predicted octanol–water partition coefficient (Wildman–Crippen LogP) is 5.68. The van der Waals surface area contributed by atoms with Crippen LogP contribution in [0.25, 0.3) is 0 Å². The molecule has 0 N–H and O–H groups in total. The van der Waals surface area contributed by atoms with Gasteiger partial charge in [-0.3, -0.25) is 0 Å². The molecule has 3 unspecified atom stereocenters. The smallest absolute Gasteiger partial charge is 0.338 e.